The Balaban J connectivity index is 0.000000192. The minimum absolute atomic E-state index is 0.0190. The molecule has 0 saturated carbocycles. The molecule has 2 unspecified atom stereocenters. The fourth-order valence-electron chi connectivity index (χ4n) is 16.8. The summed E-state index contributed by atoms with van der Waals surface area (Å²) in [7, 11) is 3.96. The molecule has 0 spiro atoms. The van der Waals surface area contributed by atoms with Crippen LogP contribution in [0.4, 0.5) is 69.2 Å². The zero-order valence-electron chi connectivity index (χ0n) is 70.5. The molecular formula is C88H98F8N16O15. The summed E-state index contributed by atoms with van der Waals surface area (Å²) >= 11 is 0. The molecule has 2 aromatic heterocycles. The van der Waals surface area contributed by atoms with Crippen LogP contribution in [0.1, 0.15) is 202 Å². The van der Waals surface area contributed by atoms with Crippen molar-refractivity contribution in [2.45, 2.75) is 166 Å². The van der Waals surface area contributed by atoms with E-state index in [9.17, 15) is 93.5 Å². The highest BCUT2D eigenvalue weighted by Crippen LogP contribution is 2.42. The molecule has 4 fully saturated rings. The molecule has 6 aromatic rings. The van der Waals surface area contributed by atoms with Gasteiger partial charge in [0.15, 0.2) is 0 Å². The Kier molecular flexibility index (Phi) is 29.3. The molecule has 8 aliphatic rings. The number of carbonyl (C=O) groups excluding carboxylic acids is 11. The molecular weight excluding hydrogens is 1670 g/mol. The summed E-state index contributed by atoms with van der Waals surface area (Å²) in [5.74, 6) is -8.65. The third kappa shape index (κ3) is 21.5. The number of rotatable bonds is 24. The highest BCUT2D eigenvalue weighted by molar-refractivity contribution is 6.27. The van der Waals surface area contributed by atoms with Gasteiger partial charge in [0.25, 0.3) is 35.4 Å². The molecule has 6 atom stereocenters. The zero-order chi connectivity index (χ0) is 91.8. The van der Waals surface area contributed by atoms with E-state index in [1.807, 2.05) is 57.7 Å². The summed E-state index contributed by atoms with van der Waals surface area (Å²) in [6.45, 7) is 12.7. The van der Waals surface area contributed by atoms with Crippen molar-refractivity contribution in [2.24, 2.45) is 0 Å². The van der Waals surface area contributed by atoms with Crippen molar-refractivity contribution in [3.8, 4) is 0 Å². The molecule has 0 bridgehead atoms. The van der Waals surface area contributed by atoms with Crippen LogP contribution in [-0.4, -0.2) is 226 Å². The first-order valence-corrected chi connectivity index (χ1v) is 41.9. The Morgan fingerprint density at radius 1 is 0.496 bits per heavy atom. The number of H-pyrrole nitrogens is 2. The van der Waals surface area contributed by atoms with Crippen LogP contribution in [0, 0.1) is 11.6 Å². The minimum atomic E-state index is -4.99. The number of nitrogens with zero attached hydrogens (tertiary/aromatic N) is 7. The van der Waals surface area contributed by atoms with Crippen molar-refractivity contribution in [1.29, 1.82) is 0 Å². The Labute approximate surface area is 723 Å². The number of hydrogen-bond acceptors (Lipinski definition) is 21. The number of likely N-dealkylation sites (N-methyl/N-ethyl adjacent to an activating group) is 2. The summed E-state index contributed by atoms with van der Waals surface area (Å²) in [6.07, 6.45) is 0.526. The number of carboxylic acids is 1. The topological polar surface area (TPSA) is 398 Å². The van der Waals surface area contributed by atoms with Gasteiger partial charge in [-0.25, -0.2) is 8.78 Å². The van der Waals surface area contributed by atoms with E-state index < -0.39 is 134 Å². The number of aromatic amines is 2. The molecule has 31 nitrogen and oxygen atoms in total. The van der Waals surface area contributed by atoms with Crippen LogP contribution < -0.4 is 58.1 Å². The van der Waals surface area contributed by atoms with E-state index in [-0.39, 0.29) is 127 Å². The zero-order valence-corrected chi connectivity index (χ0v) is 70.5. The first-order chi connectivity index (χ1) is 60.3. The number of halogens is 8. The van der Waals surface area contributed by atoms with E-state index in [2.05, 4.69) is 57.0 Å². The SMILES string of the molecule is C[C@@H]1CN(c2cc(F)c(C3=CCN(C(=O)CCCCCNc4cccc5c4C(=O)N(C4CCC(=O)NC4=O)C5=O)CC3)cc2NC(=O)c2c[nH]c(=O)cc2C(F)(F)F)C[C@H](C)N1C.C[C@@H]1CN(c2cc(F)c(C3=CCNCC3)cc2NC(=O)c2c[nH]c(=O)cc2C(F)(F)F)C[C@H](C)N1C.O=C(O)CCCCCNc1cccc2c1C(=O)N(C1CCC(=O)NC1=O)C2=O. The van der Waals surface area contributed by atoms with Crippen molar-refractivity contribution >= 4 is 116 Å². The lowest BCUT2D eigenvalue weighted by molar-refractivity contribution is -0.138. The number of nitrogens with one attached hydrogen (secondary N) is 9. The van der Waals surface area contributed by atoms with Gasteiger partial charge in [0.05, 0.1) is 67.3 Å². The Morgan fingerprint density at radius 2 is 0.921 bits per heavy atom. The largest absolute Gasteiger partial charge is 0.481 e. The number of unbranched alkanes of at least 4 members (excludes halogenated alkanes) is 4. The summed E-state index contributed by atoms with van der Waals surface area (Å²) in [4.78, 5) is 189. The van der Waals surface area contributed by atoms with Crippen molar-refractivity contribution in [1.82, 2.24) is 50.4 Å². The number of alkyl halides is 6. The smallest absolute Gasteiger partial charge is 0.417 e. The van der Waals surface area contributed by atoms with Gasteiger partial charge >= 0.3 is 18.3 Å². The van der Waals surface area contributed by atoms with Gasteiger partial charge < -0.3 is 56.4 Å². The highest BCUT2D eigenvalue weighted by atomic mass is 19.4. The van der Waals surface area contributed by atoms with E-state index in [0.29, 0.717) is 137 Å². The van der Waals surface area contributed by atoms with Crippen LogP contribution in [0.5, 0.6) is 0 Å². The second kappa shape index (κ2) is 39.8. The van der Waals surface area contributed by atoms with Crippen LogP contribution in [0.25, 0.3) is 11.1 Å². The van der Waals surface area contributed by atoms with Gasteiger partial charge in [-0.3, -0.25) is 97.4 Å². The molecule has 8 aliphatic heterocycles. The fourth-order valence-corrected chi connectivity index (χ4v) is 16.8. The maximum absolute atomic E-state index is 16.1. The van der Waals surface area contributed by atoms with Crippen molar-refractivity contribution < 1.29 is 97.8 Å². The molecule has 676 valence electrons. The molecule has 39 heteroatoms. The van der Waals surface area contributed by atoms with Crippen molar-refractivity contribution in [3.05, 3.63) is 185 Å². The van der Waals surface area contributed by atoms with E-state index in [0.717, 1.165) is 34.4 Å². The first kappa shape index (κ1) is 93.4. The number of aliphatic carboxylic acids is 1. The monoisotopic (exact) mass is 1770 g/mol. The number of hydrogen-bond donors (Lipinski definition) is 10. The molecule has 14 rings (SSSR count). The predicted octanol–water partition coefficient (Wildman–Crippen LogP) is 9.84. The van der Waals surface area contributed by atoms with E-state index >= 15 is 8.78 Å². The van der Waals surface area contributed by atoms with Gasteiger partial charge in [-0.1, -0.05) is 37.1 Å². The summed E-state index contributed by atoms with van der Waals surface area (Å²) in [5.41, 5.74) is -1.76. The predicted molar refractivity (Wildman–Crippen MR) is 453 cm³/mol. The minimum Gasteiger partial charge on any atom is -0.481 e. The average molecular weight is 1770 g/mol. The number of anilines is 6. The highest BCUT2D eigenvalue weighted by Gasteiger charge is 2.48. The number of carbonyl (C=O) groups is 12. The quantitative estimate of drug-likeness (QED) is 0.0153. The molecule has 4 saturated heterocycles. The number of piperazine rings is 2. The standard InChI is InChI=1S/C44H48F4N8O7.C25H29F4N5O2.C19H21N3O6/c1-24-22-55(23-25(2)53(24)3)35-20-31(45)28(18-33(35)51-40(60)29-21-50-37(58)19-30(29)44(46,47)48)26-13-16-54(17-14-26)38(59)10-5-4-6-15-49-32-9-7-8-27-39(32)43(63)56(42(27)62)34-11-12-36(57)52-41(34)61;1-14-12-34(13-15(2)33(14)3)22-10-20(26)17(16-4-6-30-7-5-16)8-21(22)32-24(36)18-11-31-23(35)9-19(18)25(27,28)29;23-14-9-8-13(17(26)21-14)22-18(27)11-5-4-6-12(16(11)19(22)28)20-10-3-1-2-7-15(24)25/h7-9,13,18-21,24-25,34,49H,4-6,10-12,14-17,22-23H2,1-3H3,(H,50,58)(H,51,60)(H,52,57,61);4,8-11,14-15,30H,5-7,12-13H2,1-3H3,(H,31,35)(H,32,36);4-6,13,20H,1-3,7-10H2,(H,24,25)(H,21,23,26)/t24-,25+,34?;14-,15+;. The van der Waals surface area contributed by atoms with E-state index in [1.165, 1.54) is 30.3 Å². The average Bonchev–Trinajstić information content (AvgIpc) is 1.60. The normalized spacial score (nSPS) is 20.5. The number of benzene rings is 4. The number of fused-ring (bicyclic) bond motifs is 2. The molecule has 10 N–H and O–H groups in total. The summed E-state index contributed by atoms with van der Waals surface area (Å²) in [6, 6.07) is 14.2. The van der Waals surface area contributed by atoms with Crippen LogP contribution >= 0.6 is 0 Å². The lowest BCUT2D eigenvalue weighted by Gasteiger charge is -2.44. The second-order valence-corrected chi connectivity index (χ2v) is 32.6. The van der Waals surface area contributed by atoms with Gasteiger partial charge in [0, 0.05) is 156 Å². The molecule has 0 aliphatic carbocycles. The number of piperidine rings is 2. The van der Waals surface area contributed by atoms with Crippen LogP contribution in [-0.2, 0) is 41.1 Å². The lowest BCUT2D eigenvalue weighted by Crippen LogP contribution is -2.55. The number of amides is 11. The number of carboxylic acid groups (broad SMARTS) is 1. The number of aromatic nitrogens is 2. The molecule has 4 aromatic carbocycles. The van der Waals surface area contributed by atoms with Gasteiger partial charge in [0.2, 0.25) is 40.7 Å². The molecule has 127 heavy (non-hydrogen) atoms. The number of pyridine rings is 2. The summed E-state index contributed by atoms with van der Waals surface area (Å²) in [5, 5.41) is 27.6. The maximum atomic E-state index is 16.1. The van der Waals surface area contributed by atoms with E-state index in [4.69, 9.17) is 5.11 Å². The van der Waals surface area contributed by atoms with Crippen molar-refractivity contribution in [2.75, 3.05) is 111 Å². The molecule has 11 amide bonds. The van der Waals surface area contributed by atoms with Gasteiger partial charge in [-0.15, -0.1) is 0 Å². The Bertz CT molecular complexity index is 5510. The van der Waals surface area contributed by atoms with Gasteiger partial charge in [-0.2, -0.15) is 26.3 Å². The maximum Gasteiger partial charge on any atom is 0.417 e. The third-order valence-electron chi connectivity index (χ3n) is 24.0. The fraction of sp³-hybridized carbons (Fsp3) is 0.432. The second-order valence-electron chi connectivity index (χ2n) is 32.6. The summed E-state index contributed by atoms with van der Waals surface area (Å²) < 4.78 is 114. The lowest BCUT2D eigenvalue weighted by atomic mass is 9.96. The van der Waals surface area contributed by atoms with Crippen molar-refractivity contribution in [3.63, 3.8) is 0 Å². The molecule has 0 radical (unpaired) electrons. The Morgan fingerprint density at radius 3 is 1.31 bits per heavy atom. The third-order valence-corrected chi connectivity index (χ3v) is 24.0. The van der Waals surface area contributed by atoms with E-state index in [1.54, 1.807) is 41.3 Å². The van der Waals surface area contributed by atoms with Gasteiger partial charge in [-0.05, 0) is 159 Å². The van der Waals surface area contributed by atoms with Gasteiger partial charge in [0.1, 0.15) is 23.7 Å². The van der Waals surface area contributed by atoms with Crippen LogP contribution in [0.3, 0.4) is 0 Å². The first-order valence-electron chi connectivity index (χ1n) is 41.9. The van der Waals surface area contributed by atoms with Crippen LogP contribution in [0.2, 0.25) is 0 Å². The molecule has 10 heterocycles. The van der Waals surface area contributed by atoms with Crippen LogP contribution in [0.15, 0.2) is 107 Å². The Hall–Kier alpha value is -12.8. The number of imide groups is 4.